The van der Waals surface area contributed by atoms with Crippen LogP contribution < -0.4 is 5.32 Å². The standard InChI is InChI=1S/C14H19N3O2/c1-15-11(5-7-14(18)19-3)10-4-6-13-12(8-10)16-9-17(13)2/h4,6,8-9,11,15H,5,7H2,1-3H3. The topological polar surface area (TPSA) is 56.1 Å². The first-order chi connectivity index (χ1) is 9.15. The minimum atomic E-state index is -0.181. The van der Waals surface area contributed by atoms with Crippen molar-refractivity contribution in [2.45, 2.75) is 18.9 Å². The Morgan fingerprint density at radius 2 is 2.32 bits per heavy atom. The molecule has 1 heterocycles. The summed E-state index contributed by atoms with van der Waals surface area (Å²) < 4.78 is 6.66. The molecule has 0 bridgehead atoms. The van der Waals surface area contributed by atoms with Gasteiger partial charge in [0.15, 0.2) is 0 Å². The highest BCUT2D eigenvalue weighted by molar-refractivity contribution is 5.76. The van der Waals surface area contributed by atoms with Gasteiger partial charge in [-0.1, -0.05) is 6.07 Å². The van der Waals surface area contributed by atoms with E-state index >= 15 is 0 Å². The monoisotopic (exact) mass is 261 g/mol. The van der Waals surface area contributed by atoms with Crippen LogP contribution in [-0.4, -0.2) is 29.7 Å². The fourth-order valence-electron chi connectivity index (χ4n) is 2.21. The van der Waals surface area contributed by atoms with Crippen molar-refractivity contribution < 1.29 is 9.53 Å². The molecule has 0 amide bonds. The van der Waals surface area contributed by atoms with Crippen LogP contribution >= 0.6 is 0 Å². The van der Waals surface area contributed by atoms with Crippen molar-refractivity contribution in [2.75, 3.05) is 14.2 Å². The predicted octanol–water partition coefficient (Wildman–Crippen LogP) is 1.79. The summed E-state index contributed by atoms with van der Waals surface area (Å²) in [5, 5.41) is 3.23. The van der Waals surface area contributed by atoms with Crippen LogP contribution in [0.4, 0.5) is 0 Å². The number of carbonyl (C=O) groups is 1. The fourth-order valence-corrected chi connectivity index (χ4v) is 2.21. The number of hydrogen-bond donors (Lipinski definition) is 1. The number of nitrogens with zero attached hydrogens (tertiary/aromatic N) is 2. The number of rotatable bonds is 5. The van der Waals surface area contributed by atoms with E-state index in [1.165, 1.54) is 7.11 Å². The van der Waals surface area contributed by atoms with Crippen LogP contribution in [0.1, 0.15) is 24.4 Å². The van der Waals surface area contributed by atoms with Gasteiger partial charge in [-0.2, -0.15) is 0 Å². The molecular formula is C14H19N3O2. The van der Waals surface area contributed by atoms with Gasteiger partial charge in [-0.15, -0.1) is 0 Å². The summed E-state index contributed by atoms with van der Waals surface area (Å²) in [6, 6.07) is 6.32. The molecule has 1 unspecified atom stereocenters. The normalized spacial score (nSPS) is 12.6. The van der Waals surface area contributed by atoms with E-state index in [4.69, 9.17) is 0 Å². The number of benzene rings is 1. The SMILES string of the molecule is CNC(CCC(=O)OC)c1ccc2c(c1)ncn2C. The van der Waals surface area contributed by atoms with Gasteiger partial charge in [0.1, 0.15) is 0 Å². The maximum atomic E-state index is 11.2. The Balaban J connectivity index is 2.18. The lowest BCUT2D eigenvalue weighted by atomic mass is 10.0. The van der Waals surface area contributed by atoms with Crippen LogP contribution in [0.15, 0.2) is 24.5 Å². The number of nitrogens with one attached hydrogen (secondary N) is 1. The Morgan fingerprint density at radius 3 is 3.00 bits per heavy atom. The molecule has 0 radical (unpaired) electrons. The molecule has 5 heteroatoms. The van der Waals surface area contributed by atoms with Gasteiger partial charge >= 0.3 is 5.97 Å². The van der Waals surface area contributed by atoms with Gasteiger partial charge in [-0.25, -0.2) is 4.98 Å². The zero-order valence-corrected chi connectivity index (χ0v) is 11.5. The second kappa shape index (κ2) is 5.84. The Bertz CT molecular complexity index is 577. The third kappa shape index (κ3) is 2.93. The summed E-state index contributed by atoms with van der Waals surface area (Å²) in [6.45, 7) is 0. The Morgan fingerprint density at radius 1 is 1.53 bits per heavy atom. The van der Waals surface area contributed by atoms with Crippen molar-refractivity contribution >= 4 is 17.0 Å². The number of esters is 1. The van der Waals surface area contributed by atoms with Crippen LogP contribution in [-0.2, 0) is 16.6 Å². The number of hydrogen-bond acceptors (Lipinski definition) is 4. The molecule has 1 aromatic carbocycles. The third-order valence-corrected chi connectivity index (χ3v) is 3.37. The van der Waals surface area contributed by atoms with Crippen LogP contribution in [0.3, 0.4) is 0 Å². The van der Waals surface area contributed by atoms with Gasteiger partial charge in [0.25, 0.3) is 0 Å². The van der Waals surface area contributed by atoms with Gasteiger partial charge < -0.3 is 14.6 Å². The fraction of sp³-hybridized carbons (Fsp3) is 0.429. The molecule has 102 valence electrons. The first-order valence-corrected chi connectivity index (χ1v) is 6.30. The van der Waals surface area contributed by atoms with Gasteiger partial charge in [0, 0.05) is 19.5 Å². The molecule has 2 rings (SSSR count). The summed E-state index contributed by atoms with van der Waals surface area (Å²) in [6.07, 6.45) is 2.92. The highest BCUT2D eigenvalue weighted by atomic mass is 16.5. The van der Waals surface area contributed by atoms with Gasteiger partial charge in [0.05, 0.1) is 24.5 Å². The second-order valence-electron chi connectivity index (χ2n) is 4.56. The molecule has 19 heavy (non-hydrogen) atoms. The Kier molecular flexibility index (Phi) is 4.16. The van der Waals surface area contributed by atoms with E-state index in [1.807, 2.05) is 18.7 Å². The number of methoxy groups -OCH3 is 1. The molecule has 0 fully saturated rings. The zero-order valence-electron chi connectivity index (χ0n) is 11.5. The minimum absolute atomic E-state index is 0.130. The molecule has 1 N–H and O–H groups in total. The number of carbonyl (C=O) groups excluding carboxylic acids is 1. The first-order valence-electron chi connectivity index (χ1n) is 6.30. The lowest BCUT2D eigenvalue weighted by molar-refractivity contribution is -0.140. The number of aryl methyl sites for hydroxylation is 1. The molecule has 1 aromatic heterocycles. The van der Waals surface area contributed by atoms with Gasteiger partial charge in [-0.05, 0) is 31.2 Å². The largest absolute Gasteiger partial charge is 0.469 e. The molecule has 0 saturated heterocycles. The molecular weight excluding hydrogens is 242 g/mol. The third-order valence-electron chi connectivity index (χ3n) is 3.37. The zero-order chi connectivity index (χ0) is 13.8. The molecule has 1 atom stereocenters. The maximum absolute atomic E-state index is 11.2. The van der Waals surface area contributed by atoms with E-state index in [2.05, 4.69) is 33.2 Å². The van der Waals surface area contributed by atoms with E-state index < -0.39 is 0 Å². The summed E-state index contributed by atoms with van der Waals surface area (Å²) in [5.41, 5.74) is 3.21. The molecule has 0 spiro atoms. The molecule has 0 saturated carbocycles. The predicted molar refractivity (Wildman–Crippen MR) is 73.8 cm³/mol. The number of ether oxygens (including phenoxy) is 1. The molecule has 0 aliphatic rings. The van der Waals surface area contributed by atoms with Crippen LogP contribution in [0.5, 0.6) is 0 Å². The molecule has 2 aromatic rings. The van der Waals surface area contributed by atoms with Crippen molar-refractivity contribution in [1.82, 2.24) is 14.9 Å². The van der Waals surface area contributed by atoms with E-state index in [-0.39, 0.29) is 12.0 Å². The van der Waals surface area contributed by atoms with Gasteiger partial charge in [0.2, 0.25) is 0 Å². The lowest BCUT2D eigenvalue weighted by Crippen LogP contribution is -2.18. The van der Waals surface area contributed by atoms with Crippen molar-refractivity contribution in [2.24, 2.45) is 7.05 Å². The van der Waals surface area contributed by atoms with Crippen molar-refractivity contribution in [3.63, 3.8) is 0 Å². The Labute approximate surface area is 112 Å². The summed E-state index contributed by atoms with van der Waals surface area (Å²) in [7, 11) is 5.28. The van der Waals surface area contributed by atoms with Crippen molar-refractivity contribution in [3.05, 3.63) is 30.1 Å². The van der Waals surface area contributed by atoms with E-state index in [0.717, 1.165) is 16.6 Å². The first kappa shape index (κ1) is 13.5. The average Bonchev–Trinajstić information content (AvgIpc) is 2.80. The van der Waals surface area contributed by atoms with E-state index in [1.54, 1.807) is 6.33 Å². The highest BCUT2D eigenvalue weighted by Crippen LogP contribution is 2.22. The summed E-state index contributed by atoms with van der Waals surface area (Å²) in [4.78, 5) is 15.6. The van der Waals surface area contributed by atoms with Crippen LogP contribution in [0.2, 0.25) is 0 Å². The minimum Gasteiger partial charge on any atom is -0.469 e. The smallest absolute Gasteiger partial charge is 0.305 e. The summed E-state index contributed by atoms with van der Waals surface area (Å²) >= 11 is 0. The average molecular weight is 261 g/mol. The lowest BCUT2D eigenvalue weighted by Gasteiger charge is -2.16. The number of fused-ring (bicyclic) bond motifs is 1. The second-order valence-corrected chi connectivity index (χ2v) is 4.56. The Hall–Kier alpha value is -1.88. The van der Waals surface area contributed by atoms with Gasteiger partial charge in [-0.3, -0.25) is 4.79 Å². The molecule has 0 aliphatic carbocycles. The maximum Gasteiger partial charge on any atom is 0.305 e. The van der Waals surface area contributed by atoms with Crippen LogP contribution in [0.25, 0.3) is 11.0 Å². The molecule has 0 aliphatic heterocycles. The van der Waals surface area contributed by atoms with Crippen molar-refractivity contribution in [3.8, 4) is 0 Å². The van der Waals surface area contributed by atoms with E-state index in [9.17, 15) is 4.79 Å². The van der Waals surface area contributed by atoms with Crippen molar-refractivity contribution in [1.29, 1.82) is 0 Å². The highest BCUT2D eigenvalue weighted by Gasteiger charge is 2.13. The summed E-state index contributed by atoms with van der Waals surface area (Å²) in [5.74, 6) is -0.181. The number of imidazole rings is 1. The van der Waals surface area contributed by atoms with Crippen LogP contribution in [0, 0.1) is 0 Å². The number of aromatic nitrogens is 2. The van der Waals surface area contributed by atoms with E-state index in [0.29, 0.717) is 12.8 Å². The molecule has 5 nitrogen and oxygen atoms in total. The quantitative estimate of drug-likeness (QED) is 0.834.